The number of benzene rings is 1. The molecule has 0 spiro atoms. The fraction of sp³-hybridized carbons (Fsp3) is 0.500. The fourth-order valence-corrected chi connectivity index (χ4v) is 4.37. The van der Waals surface area contributed by atoms with E-state index >= 15 is 0 Å². The van der Waals surface area contributed by atoms with Crippen LogP contribution in [0, 0.1) is 13.8 Å². The van der Waals surface area contributed by atoms with E-state index in [0.717, 1.165) is 25.9 Å². The average molecular weight is 389 g/mol. The minimum atomic E-state index is -3.37. The number of sulfone groups is 1. The highest BCUT2D eigenvalue weighted by atomic mass is 32.2. The van der Waals surface area contributed by atoms with Crippen LogP contribution in [0.2, 0.25) is 0 Å². The first-order valence-corrected chi connectivity index (χ1v) is 11.2. The van der Waals surface area contributed by atoms with Crippen LogP contribution in [0.15, 0.2) is 29.3 Å². The Labute approximate surface area is 162 Å². The smallest absolute Gasteiger partial charge is 0.225 e. The molecule has 7 heteroatoms. The van der Waals surface area contributed by atoms with Crippen LogP contribution in [-0.4, -0.2) is 44.8 Å². The van der Waals surface area contributed by atoms with Crippen molar-refractivity contribution >= 4 is 15.8 Å². The van der Waals surface area contributed by atoms with E-state index in [-0.39, 0.29) is 10.8 Å². The van der Waals surface area contributed by atoms with Crippen molar-refractivity contribution in [2.45, 2.75) is 44.0 Å². The van der Waals surface area contributed by atoms with Crippen LogP contribution in [0.5, 0.6) is 0 Å². The number of hydrogen-bond donors (Lipinski definition) is 1. The van der Waals surface area contributed by atoms with Gasteiger partial charge in [0.25, 0.3) is 0 Å². The number of aromatic nitrogens is 2. The lowest BCUT2D eigenvalue weighted by Gasteiger charge is -2.25. The van der Waals surface area contributed by atoms with E-state index in [1.165, 1.54) is 29.1 Å². The van der Waals surface area contributed by atoms with Crippen LogP contribution in [0.3, 0.4) is 0 Å². The molecule has 2 aromatic rings. The molecule has 146 valence electrons. The van der Waals surface area contributed by atoms with E-state index < -0.39 is 9.84 Å². The summed E-state index contributed by atoms with van der Waals surface area (Å²) in [6.07, 6.45) is 4.66. The van der Waals surface area contributed by atoms with Gasteiger partial charge in [0.05, 0.1) is 11.9 Å². The number of piperidine rings is 1. The topological polar surface area (TPSA) is 75.2 Å². The Bertz CT molecular complexity index is 922. The molecule has 0 amide bonds. The first-order valence-electron chi connectivity index (χ1n) is 9.31. The standard InChI is InChI=1S/C20H28N4O2S/c1-14-7-5-8-17(15(14)2)13-24(3)20-22-12-18(27(4,25)26)19(23-20)16-9-6-10-21-11-16/h5,7-8,12,16,21H,6,9-11,13H2,1-4H3/t16-/m1/s1. The Morgan fingerprint density at radius 1 is 1.30 bits per heavy atom. The summed E-state index contributed by atoms with van der Waals surface area (Å²) >= 11 is 0. The molecule has 1 aromatic carbocycles. The second-order valence-electron chi connectivity index (χ2n) is 7.45. The maximum atomic E-state index is 12.2. The predicted molar refractivity (Wildman–Crippen MR) is 108 cm³/mol. The van der Waals surface area contributed by atoms with Crippen LogP contribution >= 0.6 is 0 Å². The molecule has 27 heavy (non-hydrogen) atoms. The van der Waals surface area contributed by atoms with Crippen molar-refractivity contribution < 1.29 is 8.42 Å². The van der Waals surface area contributed by atoms with Gasteiger partial charge < -0.3 is 10.2 Å². The maximum Gasteiger partial charge on any atom is 0.225 e. The van der Waals surface area contributed by atoms with Crippen LogP contribution in [0.1, 0.15) is 41.1 Å². The zero-order valence-electron chi connectivity index (χ0n) is 16.5. The maximum absolute atomic E-state index is 12.2. The normalized spacial score (nSPS) is 17.7. The molecule has 0 bridgehead atoms. The van der Waals surface area contributed by atoms with Crippen LogP contribution in [0.25, 0.3) is 0 Å². The Kier molecular flexibility index (Phi) is 5.81. The molecule has 1 saturated heterocycles. The summed E-state index contributed by atoms with van der Waals surface area (Å²) < 4.78 is 24.5. The molecular formula is C20H28N4O2S. The second kappa shape index (κ2) is 7.94. The van der Waals surface area contributed by atoms with E-state index in [1.807, 2.05) is 11.9 Å². The molecule has 0 saturated carbocycles. The van der Waals surface area contributed by atoms with Crippen molar-refractivity contribution in [3.05, 3.63) is 46.8 Å². The van der Waals surface area contributed by atoms with Crippen LogP contribution in [-0.2, 0) is 16.4 Å². The van der Waals surface area contributed by atoms with Crippen molar-refractivity contribution in [1.82, 2.24) is 15.3 Å². The summed E-state index contributed by atoms with van der Waals surface area (Å²) in [5, 5.41) is 3.35. The summed E-state index contributed by atoms with van der Waals surface area (Å²) in [5.74, 6) is 0.656. The van der Waals surface area contributed by atoms with Gasteiger partial charge in [-0.25, -0.2) is 18.4 Å². The summed E-state index contributed by atoms with van der Waals surface area (Å²) in [6, 6.07) is 6.26. The zero-order chi connectivity index (χ0) is 19.6. The van der Waals surface area contributed by atoms with Crippen molar-refractivity contribution in [2.75, 3.05) is 31.3 Å². The number of hydrogen-bond acceptors (Lipinski definition) is 6. The van der Waals surface area contributed by atoms with Gasteiger partial charge in [0.1, 0.15) is 4.90 Å². The molecule has 1 aromatic heterocycles. The number of nitrogens with zero attached hydrogens (tertiary/aromatic N) is 3. The van der Waals surface area contributed by atoms with E-state index in [1.54, 1.807) is 0 Å². The molecule has 2 heterocycles. The molecule has 1 aliphatic heterocycles. The quantitative estimate of drug-likeness (QED) is 0.849. The largest absolute Gasteiger partial charge is 0.340 e. The van der Waals surface area contributed by atoms with Gasteiger partial charge >= 0.3 is 0 Å². The van der Waals surface area contributed by atoms with E-state index in [9.17, 15) is 8.42 Å². The van der Waals surface area contributed by atoms with Crippen molar-refractivity contribution in [2.24, 2.45) is 0 Å². The third-order valence-corrected chi connectivity index (χ3v) is 6.43. The lowest BCUT2D eigenvalue weighted by molar-refractivity contribution is 0.447. The van der Waals surface area contributed by atoms with Gasteiger partial charge in [-0.15, -0.1) is 0 Å². The third-order valence-electron chi connectivity index (χ3n) is 5.32. The molecular weight excluding hydrogens is 360 g/mol. The van der Waals surface area contributed by atoms with Gasteiger partial charge in [0.15, 0.2) is 9.84 Å². The highest BCUT2D eigenvalue weighted by Crippen LogP contribution is 2.29. The molecule has 0 radical (unpaired) electrons. The Morgan fingerprint density at radius 2 is 2.07 bits per heavy atom. The highest BCUT2D eigenvalue weighted by molar-refractivity contribution is 7.90. The predicted octanol–water partition coefficient (Wildman–Crippen LogP) is 2.60. The Balaban J connectivity index is 1.94. The van der Waals surface area contributed by atoms with Crippen molar-refractivity contribution in [3.8, 4) is 0 Å². The average Bonchev–Trinajstić information content (AvgIpc) is 2.65. The SMILES string of the molecule is Cc1cccc(CN(C)c2ncc(S(C)(=O)=O)c([C@@H]3CCCNC3)n2)c1C. The molecule has 1 N–H and O–H groups in total. The highest BCUT2D eigenvalue weighted by Gasteiger charge is 2.26. The lowest BCUT2D eigenvalue weighted by Crippen LogP contribution is -2.30. The monoisotopic (exact) mass is 388 g/mol. The third kappa shape index (κ3) is 4.47. The molecule has 1 aliphatic rings. The van der Waals surface area contributed by atoms with E-state index in [4.69, 9.17) is 4.98 Å². The fourth-order valence-electron chi connectivity index (χ4n) is 3.53. The van der Waals surface area contributed by atoms with Gasteiger partial charge in [0, 0.05) is 32.3 Å². The van der Waals surface area contributed by atoms with Crippen LogP contribution < -0.4 is 10.2 Å². The second-order valence-corrected chi connectivity index (χ2v) is 9.43. The first kappa shape index (κ1) is 19.8. The lowest BCUT2D eigenvalue weighted by atomic mass is 9.96. The van der Waals surface area contributed by atoms with Gasteiger partial charge in [-0.1, -0.05) is 18.2 Å². The van der Waals surface area contributed by atoms with Crippen LogP contribution in [0.4, 0.5) is 5.95 Å². The first-order chi connectivity index (χ1) is 12.8. The molecule has 0 aliphatic carbocycles. The Morgan fingerprint density at radius 3 is 2.74 bits per heavy atom. The number of nitrogens with one attached hydrogen (secondary N) is 1. The summed E-state index contributed by atoms with van der Waals surface area (Å²) in [7, 11) is -1.42. The molecule has 1 fully saturated rings. The van der Waals surface area contributed by atoms with Gasteiger partial charge in [-0.3, -0.25) is 0 Å². The Hall–Kier alpha value is -1.99. The summed E-state index contributed by atoms with van der Waals surface area (Å²) in [6.45, 7) is 6.61. The van der Waals surface area contributed by atoms with Gasteiger partial charge in [-0.2, -0.15) is 0 Å². The molecule has 0 unspecified atom stereocenters. The minimum Gasteiger partial charge on any atom is -0.340 e. The van der Waals surface area contributed by atoms with E-state index in [2.05, 4.69) is 42.3 Å². The molecule has 3 rings (SSSR count). The number of anilines is 1. The molecule has 1 atom stereocenters. The minimum absolute atomic E-state index is 0.0966. The summed E-state index contributed by atoms with van der Waals surface area (Å²) in [5.41, 5.74) is 4.37. The zero-order valence-corrected chi connectivity index (χ0v) is 17.3. The van der Waals surface area contributed by atoms with Gasteiger partial charge in [0.2, 0.25) is 5.95 Å². The summed E-state index contributed by atoms with van der Waals surface area (Å²) in [4.78, 5) is 11.3. The van der Waals surface area contributed by atoms with Crippen molar-refractivity contribution in [3.63, 3.8) is 0 Å². The number of aryl methyl sites for hydroxylation is 1. The van der Waals surface area contributed by atoms with Gasteiger partial charge in [-0.05, 0) is 49.9 Å². The number of rotatable bonds is 5. The molecule has 6 nitrogen and oxygen atoms in total. The van der Waals surface area contributed by atoms with E-state index in [0.29, 0.717) is 18.2 Å². The van der Waals surface area contributed by atoms with Crippen molar-refractivity contribution in [1.29, 1.82) is 0 Å².